The Balaban J connectivity index is 1.78. The van der Waals surface area contributed by atoms with Gasteiger partial charge in [0.25, 0.3) is 0 Å². The van der Waals surface area contributed by atoms with Crippen molar-refractivity contribution in [1.29, 1.82) is 0 Å². The van der Waals surface area contributed by atoms with Crippen molar-refractivity contribution in [2.24, 2.45) is 0 Å². The number of thiol groups is 1. The third-order valence-electron chi connectivity index (χ3n) is 7.65. The summed E-state index contributed by atoms with van der Waals surface area (Å²) in [4.78, 5) is 14.8. The zero-order chi connectivity index (χ0) is 32.5. The van der Waals surface area contributed by atoms with Gasteiger partial charge < -0.3 is 24.8 Å². The van der Waals surface area contributed by atoms with E-state index < -0.39 is 17.2 Å². The van der Waals surface area contributed by atoms with Crippen LogP contribution in [0.15, 0.2) is 54.6 Å². The molecule has 0 atom stereocenters. The maximum atomic E-state index is 12.6. The number of carbonyl (C=O) groups is 1. The van der Waals surface area contributed by atoms with Gasteiger partial charge in [0.15, 0.2) is 0 Å². The van der Waals surface area contributed by atoms with Gasteiger partial charge in [-0.15, -0.1) is 16.8 Å². The number of alkyl carbamates (subject to hydrolysis) is 1. The van der Waals surface area contributed by atoms with Crippen LogP contribution in [0.2, 0.25) is 0 Å². The first-order valence-corrected chi connectivity index (χ1v) is 16.9. The van der Waals surface area contributed by atoms with Crippen molar-refractivity contribution in [1.82, 2.24) is 20.3 Å². The summed E-state index contributed by atoms with van der Waals surface area (Å²) in [5, 5.41) is 21.9. The summed E-state index contributed by atoms with van der Waals surface area (Å²) in [7, 11) is 1.46. The van der Waals surface area contributed by atoms with Crippen LogP contribution in [0.1, 0.15) is 67.0 Å². The number of nitrogens with zero attached hydrogens (tertiary/aromatic N) is 4. The second-order valence-corrected chi connectivity index (χ2v) is 14.6. The average molecular weight is 644 g/mol. The minimum absolute atomic E-state index is 0.0375. The lowest BCUT2D eigenvalue weighted by Crippen LogP contribution is -2.38. The largest absolute Gasteiger partial charge is 0.449 e. The number of benzene rings is 1. The minimum Gasteiger partial charge on any atom is -0.449 e. The molecule has 0 fully saturated rings. The molecule has 0 saturated carbocycles. The van der Waals surface area contributed by atoms with Gasteiger partial charge in [0.2, 0.25) is 0 Å². The van der Waals surface area contributed by atoms with E-state index in [9.17, 15) is 9.90 Å². The van der Waals surface area contributed by atoms with Crippen molar-refractivity contribution in [3.8, 4) is 11.3 Å². The standard InChI is InChI=1S/C33H49N5O4S2/c1-9-13-24-22-37(19-18-34-30(40)41-21-17-32(5,6)42-23-33(7,8)44-43)27-15-12-11-14-26(27)28-29(25(24)10-2)38(36-35-28)31(3,4)16-20-39/h9-15,39,43H,2,16-23H2,1,3-8H3,(H,34,40)/b13-9-,25-24-. The second kappa shape index (κ2) is 15.5. The maximum absolute atomic E-state index is 12.6. The number of aliphatic hydroxyl groups is 1. The number of amides is 1. The summed E-state index contributed by atoms with van der Waals surface area (Å²) in [5.74, 6) is 0. The number of aliphatic hydroxyl groups excluding tert-OH is 1. The van der Waals surface area contributed by atoms with Gasteiger partial charge in [0, 0.05) is 54.2 Å². The molecule has 0 bridgehead atoms. The zero-order valence-corrected chi connectivity index (χ0v) is 28.9. The molecule has 0 unspecified atom stereocenters. The highest BCUT2D eigenvalue weighted by molar-refractivity contribution is 8.69. The van der Waals surface area contributed by atoms with E-state index in [-0.39, 0.29) is 18.0 Å². The van der Waals surface area contributed by atoms with Gasteiger partial charge in [0.1, 0.15) is 5.69 Å². The summed E-state index contributed by atoms with van der Waals surface area (Å²) < 4.78 is 13.4. The van der Waals surface area contributed by atoms with Crippen LogP contribution in [0.25, 0.3) is 16.8 Å². The Labute approximate surface area is 272 Å². The van der Waals surface area contributed by atoms with E-state index in [0.29, 0.717) is 39.1 Å². The van der Waals surface area contributed by atoms with Crippen molar-refractivity contribution in [3.63, 3.8) is 0 Å². The third kappa shape index (κ3) is 9.15. The molecule has 11 heteroatoms. The van der Waals surface area contributed by atoms with Gasteiger partial charge >= 0.3 is 6.09 Å². The first-order valence-electron chi connectivity index (χ1n) is 15.1. The first kappa shape index (κ1) is 35.7. The van der Waals surface area contributed by atoms with Gasteiger partial charge in [0.05, 0.1) is 30.0 Å². The van der Waals surface area contributed by atoms with E-state index in [1.165, 1.54) is 10.8 Å². The SMILES string of the molecule is C=C/C1=C(\C=C/C)CN(CCNC(=O)OCCC(C)(C)OCC(C)(C)SS)c2ccccc2-c2nnn(C(C)(C)CCO)c21. The molecule has 0 aliphatic carbocycles. The van der Waals surface area contributed by atoms with Crippen molar-refractivity contribution in [2.45, 2.75) is 77.2 Å². The molecule has 1 amide bonds. The lowest BCUT2D eigenvalue weighted by molar-refractivity contribution is -0.0403. The third-order valence-corrected chi connectivity index (χ3v) is 9.74. The van der Waals surface area contributed by atoms with Crippen LogP contribution in [-0.4, -0.2) is 76.0 Å². The van der Waals surface area contributed by atoms with Crippen LogP contribution in [0, 0.1) is 0 Å². The summed E-state index contributed by atoms with van der Waals surface area (Å²) in [6.45, 7) is 20.7. The molecule has 3 rings (SSSR count). The van der Waals surface area contributed by atoms with Gasteiger partial charge in [-0.05, 0) is 66.5 Å². The lowest BCUT2D eigenvalue weighted by atomic mass is 9.93. The fourth-order valence-corrected chi connectivity index (χ4v) is 5.23. The monoisotopic (exact) mass is 643 g/mol. The van der Waals surface area contributed by atoms with Crippen molar-refractivity contribution < 1.29 is 19.4 Å². The Morgan fingerprint density at radius 1 is 1.20 bits per heavy atom. The van der Waals surface area contributed by atoms with Crippen LogP contribution < -0.4 is 10.2 Å². The molecule has 2 heterocycles. The normalized spacial score (nSPS) is 15.9. The van der Waals surface area contributed by atoms with E-state index in [1.54, 1.807) is 0 Å². The van der Waals surface area contributed by atoms with Crippen LogP contribution in [-0.2, 0) is 15.0 Å². The summed E-state index contributed by atoms with van der Waals surface area (Å²) >= 11 is 4.31. The number of anilines is 1. The van der Waals surface area contributed by atoms with E-state index in [4.69, 9.17) is 9.47 Å². The van der Waals surface area contributed by atoms with E-state index in [2.05, 4.69) is 64.8 Å². The predicted octanol–water partition coefficient (Wildman–Crippen LogP) is 6.67. The second-order valence-electron chi connectivity index (χ2n) is 12.8. The number of hydrogen-bond donors (Lipinski definition) is 3. The van der Waals surface area contributed by atoms with Crippen molar-refractivity contribution in [2.75, 3.05) is 44.4 Å². The fourth-order valence-electron chi connectivity index (χ4n) is 4.96. The first-order chi connectivity index (χ1) is 20.8. The average Bonchev–Trinajstić information content (AvgIpc) is 3.41. The Hall–Kier alpha value is -2.73. The summed E-state index contributed by atoms with van der Waals surface area (Å²) in [6, 6.07) is 8.10. The lowest BCUT2D eigenvalue weighted by Gasteiger charge is -2.32. The topological polar surface area (TPSA) is 102 Å². The number of fused-ring (bicyclic) bond motifs is 3. The zero-order valence-electron chi connectivity index (χ0n) is 27.2. The minimum atomic E-state index is -0.466. The van der Waals surface area contributed by atoms with E-state index >= 15 is 0 Å². The van der Waals surface area contributed by atoms with Crippen LogP contribution in [0.3, 0.4) is 0 Å². The molecule has 1 aromatic carbocycles. The van der Waals surface area contributed by atoms with Crippen LogP contribution in [0.5, 0.6) is 0 Å². The Morgan fingerprint density at radius 3 is 2.59 bits per heavy atom. The number of carbonyl (C=O) groups excluding carboxylic acids is 1. The number of para-hydroxylation sites is 1. The molecule has 1 aliphatic heterocycles. The molecular formula is C33H49N5O4S2. The predicted molar refractivity (Wildman–Crippen MR) is 185 cm³/mol. The fraction of sp³-hybridized carbons (Fsp3) is 0.545. The highest BCUT2D eigenvalue weighted by atomic mass is 33.1. The summed E-state index contributed by atoms with van der Waals surface area (Å²) in [6.07, 6.45) is 6.59. The quantitative estimate of drug-likeness (QED) is 0.146. The molecule has 2 N–H and O–H groups in total. The molecule has 0 spiro atoms. The molecular weight excluding hydrogens is 595 g/mol. The van der Waals surface area contributed by atoms with E-state index in [0.717, 1.165) is 33.8 Å². The van der Waals surface area contributed by atoms with Gasteiger partial charge in [-0.1, -0.05) is 59.0 Å². The maximum Gasteiger partial charge on any atom is 0.407 e. The van der Waals surface area contributed by atoms with Crippen molar-refractivity contribution >= 4 is 39.8 Å². The molecule has 0 radical (unpaired) electrons. The molecule has 2 aromatic rings. The van der Waals surface area contributed by atoms with Crippen molar-refractivity contribution in [3.05, 3.63) is 60.3 Å². The van der Waals surface area contributed by atoms with Gasteiger partial charge in [-0.25, -0.2) is 9.48 Å². The number of allylic oxidation sites excluding steroid dienone is 3. The summed E-state index contributed by atoms with van der Waals surface area (Å²) in [5.41, 5.74) is 4.64. The smallest absolute Gasteiger partial charge is 0.407 e. The molecule has 44 heavy (non-hydrogen) atoms. The molecule has 1 aliphatic rings. The number of aromatic nitrogens is 3. The van der Waals surface area contributed by atoms with Crippen LogP contribution in [0.4, 0.5) is 10.5 Å². The number of ether oxygens (including phenoxy) is 2. The molecule has 0 saturated heterocycles. The number of hydrogen-bond acceptors (Lipinski definition) is 9. The van der Waals surface area contributed by atoms with Gasteiger partial charge in [-0.3, -0.25) is 0 Å². The van der Waals surface area contributed by atoms with Gasteiger partial charge in [-0.2, -0.15) is 0 Å². The Kier molecular flexibility index (Phi) is 12.6. The molecule has 9 nitrogen and oxygen atoms in total. The Morgan fingerprint density at radius 2 is 1.93 bits per heavy atom. The van der Waals surface area contributed by atoms with Crippen LogP contribution >= 0.6 is 22.5 Å². The highest BCUT2D eigenvalue weighted by Gasteiger charge is 2.32. The number of rotatable bonds is 15. The Bertz CT molecular complexity index is 1350. The van der Waals surface area contributed by atoms with E-state index in [1.807, 2.05) is 69.7 Å². The number of nitrogens with one attached hydrogen (secondary N) is 1. The molecule has 242 valence electrons. The molecule has 1 aromatic heterocycles. The highest BCUT2D eigenvalue weighted by Crippen LogP contribution is 2.40.